The molecule has 0 fully saturated rings. The van der Waals surface area contributed by atoms with Crippen molar-refractivity contribution >= 4 is 0 Å². The predicted octanol–water partition coefficient (Wildman–Crippen LogP) is 3.55. The van der Waals surface area contributed by atoms with E-state index in [4.69, 9.17) is 9.47 Å². The van der Waals surface area contributed by atoms with Crippen molar-refractivity contribution in [2.24, 2.45) is 0 Å². The molecule has 20 heavy (non-hydrogen) atoms. The SMILES string of the molecule is COc1ccc([C@H](C)NCc2ccccc2)cc1OC. The number of hydrogen-bond donors (Lipinski definition) is 1. The van der Waals surface area contributed by atoms with Crippen molar-refractivity contribution < 1.29 is 9.47 Å². The van der Waals surface area contributed by atoms with Crippen LogP contribution in [0.25, 0.3) is 0 Å². The summed E-state index contributed by atoms with van der Waals surface area (Å²) in [6, 6.07) is 16.6. The van der Waals surface area contributed by atoms with Gasteiger partial charge in [0.2, 0.25) is 0 Å². The van der Waals surface area contributed by atoms with Crippen molar-refractivity contribution in [2.75, 3.05) is 14.2 Å². The highest BCUT2D eigenvalue weighted by Crippen LogP contribution is 2.29. The summed E-state index contributed by atoms with van der Waals surface area (Å²) >= 11 is 0. The van der Waals surface area contributed by atoms with E-state index in [9.17, 15) is 0 Å². The van der Waals surface area contributed by atoms with Gasteiger partial charge in [-0.05, 0) is 30.2 Å². The lowest BCUT2D eigenvalue weighted by Gasteiger charge is -2.16. The Kier molecular flexibility index (Phi) is 5.02. The minimum atomic E-state index is 0.245. The zero-order valence-electron chi connectivity index (χ0n) is 12.2. The molecule has 2 aromatic carbocycles. The molecular formula is C17H21NO2. The van der Waals surface area contributed by atoms with Gasteiger partial charge in [-0.25, -0.2) is 0 Å². The third-order valence-electron chi connectivity index (χ3n) is 3.36. The number of rotatable bonds is 6. The Labute approximate surface area is 120 Å². The molecule has 2 rings (SSSR count). The maximum Gasteiger partial charge on any atom is 0.161 e. The van der Waals surface area contributed by atoms with Crippen LogP contribution in [0.3, 0.4) is 0 Å². The standard InChI is InChI=1S/C17H21NO2/c1-13(18-12-14-7-5-4-6-8-14)15-9-10-16(19-2)17(11-15)20-3/h4-11,13,18H,12H2,1-3H3/t13-/m0/s1. The smallest absolute Gasteiger partial charge is 0.161 e. The lowest BCUT2D eigenvalue weighted by molar-refractivity contribution is 0.354. The van der Waals surface area contributed by atoms with Crippen LogP contribution in [0.15, 0.2) is 48.5 Å². The van der Waals surface area contributed by atoms with Crippen molar-refractivity contribution in [3.63, 3.8) is 0 Å². The van der Waals surface area contributed by atoms with Crippen LogP contribution in [0.5, 0.6) is 11.5 Å². The molecule has 0 aliphatic carbocycles. The quantitative estimate of drug-likeness (QED) is 0.871. The average Bonchev–Trinajstić information content (AvgIpc) is 2.52. The average molecular weight is 271 g/mol. The summed E-state index contributed by atoms with van der Waals surface area (Å²) in [6.45, 7) is 2.99. The zero-order chi connectivity index (χ0) is 14.4. The first-order valence-electron chi connectivity index (χ1n) is 6.74. The number of hydrogen-bond acceptors (Lipinski definition) is 3. The van der Waals surface area contributed by atoms with E-state index in [1.165, 1.54) is 11.1 Å². The van der Waals surface area contributed by atoms with Gasteiger partial charge in [-0.2, -0.15) is 0 Å². The van der Waals surface area contributed by atoms with Crippen LogP contribution >= 0.6 is 0 Å². The van der Waals surface area contributed by atoms with Gasteiger partial charge in [0.25, 0.3) is 0 Å². The van der Waals surface area contributed by atoms with Crippen molar-refractivity contribution in [3.8, 4) is 11.5 Å². The van der Waals surface area contributed by atoms with E-state index in [0.29, 0.717) is 0 Å². The fourth-order valence-electron chi connectivity index (χ4n) is 2.11. The molecule has 0 bridgehead atoms. The second-order valence-corrected chi connectivity index (χ2v) is 4.70. The minimum absolute atomic E-state index is 0.245. The third kappa shape index (κ3) is 3.52. The maximum absolute atomic E-state index is 5.34. The number of ether oxygens (including phenoxy) is 2. The molecule has 3 heteroatoms. The van der Waals surface area contributed by atoms with E-state index < -0.39 is 0 Å². The fraction of sp³-hybridized carbons (Fsp3) is 0.294. The van der Waals surface area contributed by atoms with Crippen LogP contribution in [0.4, 0.5) is 0 Å². The summed E-state index contributed by atoms with van der Waals surface area (Å²) in [4.78, 5) is 0. The number of benzene rings is 2. The molecule has 1 N–H and O–H groups in total. The highest BCUT2D eigenvalue weighted by atomic mass is 16.5. The first-order chi connectivity index (χ1) is 9.74. The molecule has 2 aromatic rings. The van der Waals surface area contributed by atoms with Crippen LogP contribution < -0.4 is 14.8 Å². The number of methoxy groups -OCH3 is 2. The summed E-state index contributed by atoms with van der Waals surface area (Å²) in [7, 11) is 3.30. The van der Waals surface area contributed by atoms with Crippen LogP contribution in [0, 0.1) is 0 Å². The van der Waals surface area contributed by atoms with Gasteiger partial charge >= 0.3 is 0 Å². The first-order valence-corrected chi connectivity index (χ1v) is 6.74. The van der Waals surface area contributed by atoms with Crippen molar-refractivity contribution in [1.29, 1.82) is 0 Å². The van der Waals surface area contributed by atoms with Crippen LogP contribution in [-0.4, -0.2) is 14.2 Å². The minimum Gasteiger partial charge on any atom is -0.493 e. The monoisotopic (exact) mass is 271 g/mol. The first kappa shape index (κ1) is 14.4. The Hall–Kier alpha value is -2.00. The lowest BCUT2D eigenvalue weighted by atomic mass is 10.1. The molecule has 0 aliphatic heterocycles. The van der Waals surface area contributed by atoms with Gasteiger partial charge in [0.15, 0.2) is 11.5 Å². The molecule has 3 nitrogen and oxygen atoms in total. The Bertz CT molecular complexity index is 540. The van der Waals surface area contributed by atoms with E-state index in [1.807, 2.05) is 18.2 Å². The molecule has 0 heterocycles. The van der Waals surface area contributed by atoms with Gasteiger partial charge in [0.05, 0.1) is 14.2 Å². The lowest BCUT2D eigenvalue weighted by Crippen LogP contribution is -2.18. The van der Waals surface area contributed by atoms with E-state index in [2.05, 4.69) is 42.6 Å². The Morgan fingerprint density at radius 1 is 0.950 bits per heavy atom. The summed E-state index contributed by atoms with van der Waals surface area (Å²) in [5.74, 6) is 1.52. The molecule has 0 aromatic heterocycles. The number of nitrogens with one attached hydrogen (secondary N) is 1. The molecule has 0 saturated heterocycles. The van der Waals surface area contributed by atoms with Crippen LogP contribution in [0.1, 0.15) is 24.1 Å². The van der Waals surface area contributed by atoms with Gasteiger partial charge in [0.1, 0.15) is 0 Å². The molecule has 1 atom stereocenters. The molecule has 106 valence electrons. The van der Waals surface area contributed by atoms with Gasteiger partial charge < -0.3 is 14.8 Å². The van der Waals surface area contributed by atoms with E-state index in [1.54, 1.807) is 14.2 Å². The molecule has 0 amide bonds. The van der Waals surface area contributed by atoms with E-state index in [-0.39, 0.29) is 6.04 Å². The largest absolute Gasteiger partial charge is 0.493 e. The van der Waals surface area contributed by atoms with Gasteiger partial charge in [-0.15, -0.1) is 0 Å². The van der Waals surface area contributed by atoms with Gasteiger partial charge in [-0.1, -0.05) is 36.4 Å². The Morgan fingerprint density at radius 3 is 2.30 bits per heavy atom. The van der Waals surface area contributed by atoms with Gasteiger partial charge in [-0.3, -0.25) is 0 Å². The van der Waals surface area contributed by atoms with Crippen molar-refractivity contribution in [1.82, 2.24) is 5.32 Å². The van der Waals surface area contributed by atoms with E-state index in [0.717, 1.165) is 18.0 Å². The topological polar surface area (TPSA) is 30.5 Å². The summed E-state index contributed by atoms with van der Waals surface area (Å²) in [5, 5.41) is 3.51. The maximum atomic E-state index is 5.34. The molecule has 0 unspecified atom stereocenters. The van der Waals surface area contributed by atoms with E-state index >= 15 is 0 Å². The normalized spacial score (nSPS) is 11.9. The highest BCUT2D eigenvalue weighted by molar-refractivity contribution is 5.43. The Balaban J connectivity index is 2.03. The Morgan fingerprint density at radius 2 is 1.65 bits per heavy atom. The summed E-state index contributed by atoms with van der Waals surface area (Å²) < 4.78 is 10.6. The molecule has 0 radical (unpaired) electrons. The van der Waals surface area contributed by atoms with Crippen molar-refractivity contribution in [2.45, 2.75) is 19.5 Å². The molecule has 0 spiro atoms. The summed E-state index contributed by atoms with van der Waals surface area (Å²) in [6.07, 6.45) is 0. The van der Waals surface area contributed by atoms with Crippen molar-refractivity contribution in [3.05, 3.63) is 59.7 Å². The van der Waals surface area contributed by atoms with Crippen LogP contribution in [0.2, 0.25) is 0 Å². The predicted molar refractivity (Wildman–Crippen MR) is 81.2 cm³/mol. The molecule has 0 aliphatic rings. The highest BCUT2D eigenvalue weighted by Gasteiger charge is 2.09. The fourth-order valence-corrected chi connectivity index (χ4v) is 2.11. The molecular weight excluding hydrogens is 250 g/mol. The third-order valence-corrected chi connectivity index (χ3v) is 3.36. The second-order valence-electron chi connectivity index (χ2n) is 4.70. The zero-order valence-corrected chi connectivity index (χ0v) is 12.2. The van der Waals surface area contributed by atoms with Gasteiger partial charge in [0, 0.05) is 12.6 Å². The second kappa shape index (κ2) is 6.96. The van der Waals surface area contributed by atoms with Crippen LogP contribution in [-0.2, 0) is 6.54 Å². The summed E-state index contributed by atoms with van der Waals surface area (Å²) in [5.41, 5.74) is 2.46. The molecule has 0 saturated carbocycles.